The number of rotatable bonds is 5. The van der Waals surface area contributed by atoms with Crippen LogP contribution in [0.25, 0.3) is 0 Å². The lowest BCUT2D eigenvalue weighted by molar-refractivity contribution is -0.144. The van der Waals surface area contributed by atoms with Crippen molar-refractivity contribution >= 4 is 5.91 Å². The van der Waals surface area contributed by atoms with Crippen molar-refractivity contribution in [2.45, 2.75) is 63.2 Å². The average molecular weight is 284 g/mol. The van der Waals surface area contributed by atoms with Gasteiger partial charge >= 0.3 is 0 Å². The van der Waals surface area contributed by atoms with Gasteiger partial charge in [0.2, 0.25) is 5.91 Å². The fraction of sp³-hybridized carbons (Fsp3) is 0.933. The molecule has 1 saturated carbocycles. The highest BCUT2D eigenvalue weighted by molar-refractivity contribution is 5.78. The molecule has 2 rings (SSSR count). The molecule has 0 unspecified atom stereocenters. The van der Waals surface area contributed by atoms with E-state index in [4.69, 9.17) is 15.2 Å². The minimum atomic E-state index is 0.0839. The van der Waals surface area contributed by atoms with Gasteiger partial charge in [-0.2, -0.15) is 0 Å². The highest BCUT2D eigenvalue weighted by atomic mass is 16.5. The highest BCUT2D eigenvalue weighted by Gasteiger charge is 2.31. The van der Waals surface area contributed by atoms with Gasteiger partial charge in [0.05, 0.1) is 12.2 Å². The Bertz CT molecular complexity index is 305. The molecule has 1 amide bonds. The largest absolute Gasteiger partial charge is 0.381 e. The fourth-order valence-electron chi connectivity index (χ4n) is 3.28. The van der Waals surface area contributed by atoms with Crippen LogP contribution in [0, 0.1) is 0 Å². The zero-order valence-corrected chi connectivity index (χ0v) is 12.6. The molecule has 2 atom stereocenters. The van der Waals surface area contributed by atoms with E-state index in [0.717, 1.165) is 32.2 Å². The first-order valence-corrected chi connectivity index (χ1v) is 7.88. The van der Waals surface area contributed by atoms with E-state index < -0.39 is 0 Å². The number of methoxy groups -OCH3 is 1. The summed E-state index contributed by atoms with van der Waals surface area (Å²) in [5.41, 5.74) is 5.80. The third kappa shape index (κ3) is 4.17. The Morgan fingerprint density at radius 1 is 1.20 bits per heavy atom. The van der Waals surface area contributed by atoms with E-state index in [-0.39, 0.29) is 30.8 Å². The molecule has 1 aliphatic carbocycles. The molecule has 1 saturated heterocycles. The monoisotopic (exact) mass is 284 g/mol. The molecule has 1 aliphatic heterocycles. The number of ether oxygens (including phenoxy) is 2. The molecule has 0 radical (unpaired) electrons. The van der Waals surface area contributed by atoms with Crippen LogP contribution in [0.3, 0.4) is 0 Å². The normalized spacial score (nSPS) is 28.6. The lowest BCUT2D eigenvalue weighted by atomic mass is 9.98. The molecule has 2 fully saturated rings. The molecule has 116 valence electrons. The zero-order valence-electron chi connectivity index (χ0n) is 12.6. The molecule has 0 aromatic carbocycles. The van der Waals surface area contributed by atoms with Crippen molar-refractivity contribution in [1.82, 2.24) is 4.90 Å². The number of amides is 1. The topological polar surface area (TPSA) is 64.8 Å². The van der Waals surface area contributed by atoms with Gasteiger partial charge in [0, 0.05) is 26.2 Å². The van der Waals surface area contributed by atoms with Gasteiger partial charge in [-0.05, 0) is 25.7 Å². The first kappa shape index (κ1) is 15.7. The molecular weight excluding hydrogens is 256 g/mol. The third-order valence-corrected chi connectivity index (χ3v) is 4.59. The zero-order chi connectivity index (χ0) is 14.4. The summed E-state index contributed by atoms with van der Waals surface area (Å²) < 4.78 is 11.2. The minimum absolute atomic E-state index is 0.0839. The van der Waals surface area contributed by atoms with Crippen LogP contribution in [0.5, 0.6) is 0 Å². The van der Waals surface area contributed by atoms with Crippen LogP contribution in [-0.2, 0) is 14.3 Å². The lowest BCUT2D eigenvalue weighted by Gasteiger charge is -2.38. The van der Waals surface area contributed by atoms with Crippen molar-refractivity contribution in [3.63, 3.8) is 0 Å². The van der Waals surface area contributed by atoms with Gasteiger partial charge in [0.25, 0.3) is 0 Å². The van der Waals surface area contributed by atoms with Crippen LogP contribution in [0.2, 0.25) is 0 Å². The SMILES string of the molecule is CO[C@H]1CCN(C(=O)COC2CCCCC2)[C@@H](CN)C1. The summed E-state index contributed by atoms with van der Waals surface area (Å²) in [6.07, 6.45) is 8.18. The molecule has 0 aromatic heterocycles. The van der Waals surface area contributed by atoms with Crippen molar-refractivity contribution in [1.29, 1.82) is 0 Å². The molecule has 20 heavy (non-hydrogen) atoms. The summed E-state index contributed by atoms with van der Waals surface area (Å²) in [6, 6.07) is 0.0937. The van der Waals surface area contributed by atoms with Gasteiger partial charge in [-0.25, -0.2) is 0 Å². The summed E-state index contributed by atoms with van der Waals surface area (Å²) in [4.78, 5) is 14.2. The molecule has 2 N–H and O–H groups in total. The number of nitrogens with zero attached hydrogens (tertiary/aromatic N) is 1. The van der Waals surface area contributed by atoms with E-state index in [1.54, 1.807) is 7.11 Å². The molecular formula is C15H28N2O3. The Labute approximate surface area is 121 Å². The molecule has 0 bridgehead atoms. The van der Waals surface area contributed by atoms with Gasteiger partial charge in [0.1, 0.15) is 6.61 Å². The molecule has 2 aliphatic rings. The number of likely N-dealkylation sites (tertiary alicyclic amines) is 1. The van der Waals surface area contributed by atoms with Crippen LogP contribution in [0.1, 0.15) is 44.9 Å². The van der Waals surface area contributed by atoms with Crippen molar-refractivity contribution < 1.29 is 14.3 Å². The van der Waals surface area contributed by atoms with Crippen LogP contribution >= 0.6 is 0 Å². The predicted molar refractivity (Wildman–Crippen MR) is 77.4 cm³/mol. The Balaban J connectivity index is 1.78. The standard InChI is InChI=1S/C15H28N2O3/c1-19-14-7-8-17(12(9-14)10-16)15(18)11-20-13-5-3-2-4-6-13/h12-14H,2-11,16H2,1H3/t12-,14+/m1/s1. The minimum Gasteiger partial charge on any atom is -0.381 e. The summed E-state index contributed by atoms with van der Waals surface area (Å²) in [5, 5.41) is 0. The number of carbonyl (C=O) groups excluding carboxylic acids is 1. The third-order valence-electron chi connectivity index (χ3n) is 4.59. The summed E-state index contributed by atoms with van der Waals surface area (Å²) in [5.74, 6) is 0.0839. The van der Waals surface area contributed by atoms with Gasteiger partial charge in [0.15, 0.2) is 0 Å². The van der Waals surface area contributed by atoms with Crippen molar-refractivity contribution in [3.05, 3.63) is 0 Å². The summed E-state index contributed by atoms with van der Waals surface area (Å²) in [6.45, 7) is 1.43. The van der Waals surface area contributed by atoms with E-state index in [1.165, 1.54) is 19.3 Å². The van der Waals surface area contributed by atoms with E-state index in [1.807, 2.05) is 4.90 Å². The second-order valence-electron chi connectivity index (χ2n) is 5.93. The van der Waals surface area contributed by atoms with Gasteiger partial charge in [-0.15, -0.1) is 0 Å². The van der Waals surface area contributed by atoms with Crippen molar-refractivity contribution in [2.75, 3.05) is 26.8 Å². The van der Waals surface area contributed by atoms with E-state index in [2.05, 4.69) is 0 Å². The molecule has 0 aromatic rings. The molecule has 5 heteroatoms. The summed E-state index contributed by atoms with van der Waals surface area (Å²) >= 11 is 0. The second kappa shape index (κ2) is 7.96. The Morgan fingerprint density at radius 3 is 2.60 bits per heavy atom. The maximum absolute atomic E-state index is 12.3. The maximum Gasteiger partial charge on any atom is 0.248 e. The van der Waals surface area contributed by atoms with Gasteiger partial charge in [-0.3, -0.25) is 4.79 Å². The van der Waals surface area contributed by atoms with Crippen LogP contribution in [0.4, 0.5) is 0 Å². The quantitative estimate of drug-likeness (QED) is 0.826. The van der Waals surface area contributed by atoms with E-state index in [0.29, 0.717) is 6.54 Å². The highest BCUT2D eigenvalue weighted by Crippen LogP contribution is 2.22. The second-order valence-corrected chi connectivity index (χ2v) is 5.93. The van der Waals surface area contributed by atoms with Crippen LogP contribution in [0.15, 0.2) is 0 Å². The molecule has 1 heterocycles. The molecule has 5 nitrogen and oxygen atoms in total. The lowest BCUT2D eigenvalue weighted by Crippen LogP contribution is -2.52. The number of piperidine rings is 1. The van der Waals surface area contributed by atoms with Crippen molar-refractivity contribution in [2.24, 2.45) is 5.73 Å². The Morgan fingerprint density at radius 2 is 1.95 bits per heavy atom. The van der Waals surface area contributed by atoms with Crippen LogP contribution in [-0.4, -0.2) is 55.9 Å². The Kier molecular flexibility index (Phi) is 6.26. The maximum atomic E-state index is 12.3. The Hall–Kier alpha value is -0.650. The first-order chi connectivity index (χ1) is 9.74. The fourth-order valence-corrected chi connectivity index (χ4v) is 3.28. The van der Waals surface area contributed by atoms with Crippen LogP contribution < -0.4 is 5.73 Å². The smallest absolute Gasteiger partial charge is 0.248 e. The van der Waals surface area contributed by atoms with Crippen molar-refractivity contribution in [3.8, 4) is 0 Å². The number of nitrogens with two attached hydrogens (primary N) is 1. The van der Waals surface area contributed by atoms with Gasteiger partial charge in [-0.1, -0.05) is 19.3 Å². The summed E-state index contributed by atoms with van der Waals surface area (Å²) in [7, 11) is 1.72. The van der Waals surface area contributed by atoms with Gasteiger partial charge < -0.3 is 20.1 Å². The van der Waals surface area contributed by atoms with E-state index >= 15 is 0 Å². The molecule has 0 spiro atoms. The number of hydrogen-bond acceptors (Lipinski definition) is 4. The first-order valence-electron chi connectivity index (χ1n) is 7.88. The number of carbonyl (C=O) groups is 1. The average Bonchev–Trinajstić information content (AvgIpc) is 2.52. The predicted octanol–water partition coefficient (Wildman–Crippen LogP) is 1.30. The number of hydrogen-bond donors (Lipinski definition) is 1. The van der Waals surface area contributed by atoms with E-state index in [9.17, 15) is 4.79 Å².